The van der Waals surface area contributed by atoms with Crippen molar-refractivity contribution in [2.75, 3.05) is 13.7 Å². The summed E-state index contributed by atoms with van der Waals surface area (Å²) in [5.41, 5.74) is 3.23. The fourth-order valence-corrected chi connectivity index (χ4v) is 4.17. The summed E-state index contributed by atoms with van der Waals surface area (Å²) in [5.74, 6) is 0.738. The van der Waals surface area contributed by atoms with Crippen molar-refractivity contribution in [1.29, 1.82) is 0 Å². The number of rotatable bonds is 7. The molecular formula is C23H24ClN3O3. The van der Waals surface area contributed by atoms with Crippen molar-refractivity contribution in [2.45, 2.75) is 32.2 Å². The summed E-state index contributed by atoms with van der Waals surface area (Å²) in [6, 6.07) is 12.2. The lowest BCUT2D eigenvalue weighted by Crippen LogP contribution is -2.30. The van der Waals surface area contributed by atoms with E-state index in [4.69, 9.17) is 16.3 Å². The van der Waals surface area contributed by atoms with Gasteiger partial charge in [0.1, 0.15) is 22.9 Å². The van der Waals surface area contributed by atoms with Crippen LogP contribution in [-0.2, 0) is 0 Å². The molecule has 0 saturated heterocycles. The number of hydrogen-bond donors (Lipinski definition) is 2. The number of carbonyl (C=O) groups is 1. The van der Waals surface area contributed by atoms with E-state index >= 15 is 0 Å². The Labute approximate surface area is 180 Å². The van der Waals surface area contributed by atoms with Gasteiger partial charge in [-0.15, -0.1) is 0 Å². The van der Waals surface area contributed by atoms with Gasteiger partial charge in [-0.2, -0.15) is 5.10 Å². The van der Waals surface area contributed by atoms with Crippen LogP contribution in [0.5, 0.6) is 11.5 Å². The van der Waals surface area contributed by atoms with Gasteiger partial charge in [-0.1, -0.05) is 43.5 Å². The number of nitrogens with one attached hydrogen (secondary N) is 1. The number of H-pyrrole nitrogens is 1. The number of nitrogens with zero attached hydrogens (tertiary/aromatic N) is 2. The monoisotopic (exact) mass is 425 g/mol. The standard InChI is InChI=1S/C23H24ClN3O3/c1-3-4-5-12-27-22(14-6-9-16(30-2)10-7-14)19-20(25-26-21(19)23(27)29)17-13-15(24)8-11-18(17)28/h6-11,13,22,28H,3-5,12H2,1-2H3,(H,25,26). The molecule has 3 aromatic rings. The number of carbonyl (C=O) groups excluding carboxylic acids is 1. The number of phenolic OH excluding ortho intramolecular Hbond substituents is 1. The average Bonchev–Trinajstić information content (AvgIpc) is 3.29. The number of methoxy groups -OCH3 is 1. The van der Waals surface area contributed by atoms with Crippen LogP contribution in [0.2, 0.25) is 5.02 Å². The van der Waals surface area contributed by atoms with Crippen LogP contribution in [0.4, 0.5) is 0 Å². The number of amides is 1. The minimum atomic E-state index is -0.303. The molecule has 0 fully saturated rings. The predicted molar refractivity (Wildman–Crippen MR) is 116 cm³/mol. The molecule has 30 heavy (non-hydrogen) atoms. The van der Waals surface area contributed by atoms with E-state index in [2.05, 4.69) is 17.1 Å². The molecule has 7 heteroatoms. The lowest BCUT2D eigenvalue weighted by atomic mass is 9.95. The van der Waals surface area contributed by atoms with Crippen molar-refractivity contribution in [1.82, 2.24) is 15.1 Å². The summed E-state index contributed by atoms with van der Waals surface area (Å²) in [4.78, 5) is 15.1. The molecule has 0 saturated carbocycles. The van der Waals surface area contributed by atoms with Crippen molar-refractivity contribution in [3.8, 4) is 22.8 Å². The van der Waals surface area contributed by atoms with Crippen molar-refractivity contribution in [3.63, 3.8) is 0 Å². The van der Waals surface area contributed by atoms with Gasteiger partial charge in [-0.05, 0) is 42.3 Å². The third kappa shape index (κ3) is 3.52. The van der Waals surface area contributed by atoms with E-state index in [-0.39, 0.29) is 17.7 Å². The van der Waals surface area contributed by atoms with Crippen LogP contribution in [0.3, 0.4) is 0 Å². The Kier molecular flexibility index (Phi) is 5.68. The fraction of sp³-hybridized carbons (Fsp3) is 0.304. The quantitative estimate of drug-likeness (QED) is 0.511. The maximum atomic E-state index is 13.2. The number of fused-ring (bicyclic) bond motifs is 1. The van der Waals surface area contributed by atoms with Crippen molar-refractivity contribution in [3.05, 3.63) is 64.3 Å². The van der Waals surface area contributed by atoms with E-state index in [0.29, 0.717) is 28.5 Å². The summed E-state index contributed by atoms with van der Waals surface area (Å²) in [7, 11) is 1.62. The van der Waals surface area contributed by atoms with Gasteiger partial charge in [0.2, 0.25) is 0 Å². The molecule has 156 valence electrons. The molecule has 1 aromatic heterocycles. The van der Waals surface area contributed by atoms with Crippen LogP contribution >= 0.6 is 11.6 Å². The highest BCUT2D eigenvalue weighted by Gasteiger charge is 2.42. The van der Waals surface area contributed by atoms with E-state index in [1.165, 1.54) is 6.07 Å². The molecule has 2 aromatic carbocycles. The smallest absolute Gasteiger partial charge is 0.273 e. The van der Waals surface area contributed by atoms with Crippen LogP contribution in [0, 0.1) is 0 Å². The number of hydrogen-bond acceptors (Lipinski definition) is 4. The average molecular weight is 426 g/mol. The molecular weight excluding hydrogens is 402 g/mol. The van der Waals surface area contributed by atoms with Crippen LogP contribution in [-0.4, -0.2) is 39.8 Å². The highest BCUT2D eigenvalue weighted by Crippen LogP contribution is 2.45. The second-order valence-electron chi connectivity index (χ2n) is 7.40. The van der Waals surface area contributed by atoms with Crippen LogP contribution < -0.4 is 4.74 Å². The van der Waals surface area contributed by atoms with Crippen LogP contribution in [0.15, 0.2) is 42.5 Å². The van der Waals surface area contributed by atoms with Gasteiger partial charge < -0.3 is 14.7 Å². The Morgan fingerprint density at radius 2 is 1.97 bits per heavy atom. The Morgan fingerprint density at radius 1 is 1.20 bits per heavy atom. The number of phenols is 1. The lowest BCUT2D eigenvalue weighted by Gasteiger charge is -2.26. The van der Waals surface area contributed by atoms with Crippen molar-refractivity contribution >= 4 is 17.5 Å². The second-order valence-corrected chi connectivity index (χ2v) is 7.84. The molecule has 6 nitrogen and oxygen atoms in total. The molecule has 1 unspecified atom stereocenters. The van der Waals surface area contributed by atoms with Gasteiger partial charge in [0.15, 0.2) is 0 Å². The summed E-state index contributed by atoms with van der Waals surface area (Å²) < 4.78 is 5.29. The van der Waals surface area contributed by atoms with Gasteiger partial charge in [0.25, 0.3) is 5.91 Å². The number of ether oxygens (including phenoxy) is 1. The summed E-state index contributed by atoms with van der Waals surface area (Å²) in [5, 5.41) is 18.2. The number of benzene rings is 2. The molecule has 2 heterocycles. The second kappa shape index (κ2) is 8.40. The third-order valence-corrected chi connectivity index (χ3v) is 5.75. The van der Waals surface area contributed by atoms with E-state index in [1.807, 2.05) is 29.2 Å². The van der Waals surface area contributed by atoms with Crippen LogP contribution in [0.1, 0.15) is 53.8 Å². The van der Waals surface area contributed by atoms with Gasteiger partial charge >= 0.3 is 0 Å². The third-order valence-electron chi connectivity index (χ3n) is 5.51. The van der Waals surface area contributed by atoms with Gasteiger partial charge in [-0.25, -0.2) is 0 Å². The predicted octanol–water partition coefficient (Wildman–Crippen LogP) is 5.18. The number of aromatic nitrogens is 2. The summed E-state index contributed by atoms with van der Waals surface area (Å²) in [6.07, 6.45) is 3.04. The molecule has 1 aliphatic heterocycles. The van der Waals surface area contributed by atoms with Crippen molar-refractivity contribution in [2.24, 2.45) is 0 Å². The molecule has 1 atom stereocenters. The normalized spacial score (nSPS) is 15.5. The van der Waals surface area contributed by atoms with Gasteiger partial charge in [-0.3, -0.25) is 9.89 Å². The number of halogens is 1. The first-order valence-electron chi connectivity index (χ1n) is 10.1. The largest absolute Gasteiger partial charge is 0.507 e. The topological polar surface area (TPSA) is 78.5 Å². The molecule has 0 bridgehead atoms. The molecule has 0 aliphatic carbocycles. The molecule has 1 aliphatic rings. The zero-order valence-electron chi connectivity index (χ0n) is 17.0. The molecule has 0 spiro atoms. The molecule has 2 N–H and O–H groups in total. The van der Waals surface area contributed by atoms with Crippen molar-refractivity contribution < 1.29 is 14.6 Å². The van der Waals surface area contributed by atoms with Gasteiger partial charge in [0.05, 0.1) is 13.2 Å². The zero-order valence-corrected chi connectivity index (χ0v) is 17.7. The SMILES string of the molecule is CCCCCN1C(=O)c2[nH]nc(-c3cc(Cl)ccc3O)c2C1c1ccc(OC)cc1. The first-order chi connectivity index (χ1) is 14.5. The fourth-order valence-electron chi connectivity index (χ4n) is 4.00. The van der Waals surface area contributed by atoms with Crippen LogP contribution in [0.25, 0.3) is 11.3 Å². The van der Waals surface area contributed by atoms with E-state index in [9.17, 15) is 9.90 Å². The molecule has 1 amide bonds. The number of unbranched alkanes of at least 4 members (excludes halogenated alkanes) is 2. The van der Waals surface area contributed by atoms with E-state index in [1.54, 1.807) is 19.2 Å². The zero-order chi connectivity index (χ0) is 21.3. The highest BCUT2D eigenvalue weighted by molar-refractivity contribution is 6.31. The Morgan fingerprint density at radius 3 is 2.67 bits per heavy atom. The maximum absolute atomic E-state index is 13.2. The summed E-state index contributed by atoms with van der Waals surface area (Å²) in [6.45, 7) is 2.78. The minimum Gasteiger partial charge on any atom is -0.507 e. The summed E-state index contributed by atoms with van der Waals surface area (Å²) >= 11 is 6.17. The van der Waals surface area contributed by atoms with E-state index in [0.717, 1.165) is 36.1 Å². The molecule has 0 radical (unpaired) electrons. The maximum Gasteiger partial charge on any atom is 0.273 e. The Bertz CT molecular complexity index is 1060. The first kappa shape index (κ1) is 20.3. The highest BCUT2D eigenvalue weighted by atomic mass is 35.5. The van der Waals surface area contributed by atoms with Gasteiger partial charge in [0, 0.05) is 22.7 Å². The Balaban J connectivity index is 1.84. The first-order valence-corrected chi connectivity index (χ1v) is 10.4. The Hall–Kier alpha value is -2.99. The minimum absolute atomic E-state index is 0.0686. The molecule has 4 rings (SSSR count). The lowest BCUT2D eigenvalue weighted by molar-refractivity contribution is 0.0740. The van der Waals surface area contributed by atoms with E-state index < -0.39 is 0 Å². The number of aromatic amines is 1. The number of aromatic hydroxyl groups is 1.